The number of aryl methyl sites for hydroxylation is 1. The first-order valence-corrected chi connectivity index (χ1v) is 6.18. The van der Waals surface area contributed by atoms with Gasteiger partial charge in [0.25, 0.3) is 0 Å². The lowest BCUT2D eigenvalue weighted by Crippen LogP contribution is -2.32. The van der Waals surface area contributed by atoms with Gasteiger partial charge in [0, 0.05) is 13.2 Å². The molecule has 1 aliphatic rings. The molecule has 3 heteroatoms. The fraction of sp³-hybridized carbons (Fsp3) is 0.692. The molecule has 1 aromatic rings. The van der Waals surface area contributed by atoms with Crippen LogP contribution in [0.15, 0.2) is 16.7 Å². The Morgan fingerprint density at radius 2 is 2.19 bits per heavy atom. The highest BCUT2D eigenvalue weighted by Gasteiger charge is 2.27. The average Bonchev–Trinajstić information content (AvgIpc) is 2.73. The molecule has 1 fully saturated rings. The zero-order valence-corrected chi connectivity index (χ0v) is 10.2. The predicted molar refractivity (Wildman–Crippen MR) is 63.4 cm³/mol. The molecule has 0 saturated carbocycles. The molecule has 0 aliphatic carbocycles. The summed E-state index contributed by atoms with van der Waals surface area (Å²) in [6, 6.07) is 2.39. The highest BCUT2D eigenvalue weighted by Crippen LogP contribution is 2.32. The third kappa shape index (κ3) is 2.47. The van der Waals surface area contributed by atoms with E-state index in [1.54, 1.807) is 6.26 Å². The number of rotatable bonds is 4. The van der Waals surface area contributed by atoms with Crippen LogP contribution in [0.1, 0.15) is 37.1 Å². The molecule has 1 unspecified atom stereocenters. The predicted octanol–water partition coefficient (Wildman–Crippen LogP) is 2.67. The van der Waals surface area contributed by atoms with Crippen molar-refractivity contribution in [1.29, 1.82) is 0 Å². The van der Waals surface area contributed by atoms with Gasteiger partial charge >= 0.3 is 0 Å². The molecule has 1 aliphatic heterocycles. The lowest BCUT2D eigenvalue weighted by molar-refractivity contribution is 0.0508. The topological polar surface area (TPSA) is 34.4 Å². The van der Waals surface area contributed by atoms with Crippen LogP contribution >= 0.6 is 0 Å². The molecule has 2 heterocycles. The van der Waals surface area contributed by atoms with Gasteiger partial charge in [-0.2, -0.15) is 0 Å². The summed E-state index contributed by atoms with van der Waals surface area (Å²) in [6.45, 7) is 6.99. The van der Waals surface area contributed by atoms with Gasteiger partial charge in [-0.05, 0) is 43.9 Å². The molecule has 0 radical (unpaired) electrons. The van der Waals surface area contributed by atoms with Crippen LogP contribution in [0.5, 0.6) is 0 Å². The molecule has 0 aromatic carbocycles. The van der Waals surface area contributed by atoms with Crippen LogP contribution in [0.25, 0.3) is 0 Å². The van der Waals surface area contributed by atoms with Crippen molar-refractivity contribution in [2.75, 3.05) is 19.8 Å². The van der Waals surface area contributed by atoms with E-state index in [0.717, 1.165) is 38.4 Å². The summed E-state index contributed by atoms with van der Waals surface area (Å²) in [6.07, 6.45) is 4.03. The van der Waals surface area contributed by atoms with Gasteiger partial charge in [-0.1, -0.05) is 6.92 Å². The molecule has 0 amide bonds. The van der Waals surface area contributed by atoms with Crippen molar-refractivity contribution in [1.82, 2.24) is 5.32 Å². The first-order chi connectivity index (χ1) is 7.83. The van der Waals surface area contributed by atoms with Crippen molar-refractivity contribution < 1.29 is 9.15 Å². The third-order valence-electron chi connectivity index (χ3n) is 3.35. The van der Waals surface area contributed by atoms with E-state index >= 15 is 0 Å². The number of hydrogen-bond acceptors (Lipinski definition) is 3. The second kappa shape index (κ2) is 5.51. The molecule has 2 rings (SSSR count). The van der Waals surface area contributed by atoms with Crippen LogP contribution in [0, 0.1) is 12.8 Å². The van der Waals surface area contributed by atoms with Crippen molar-refractivity contribution in [2.45, 2.75) is 32.7 Å². The van der Waals surface area contributed by atoms with Gasteiger partial charge in [0.2, 0.25) is 0 Å². The zero-order valence-electron chi connectivity index (χ0n) is 10.2. The quantitative estimate of drug-likeness (QED) is 0.852. The van der Waals surface area contributed by atoms with E-state index in [9.17, 15) is 0 Å². The minimum Gasteiger partial charge on any atom is -0.467 e. The first kappa shape index (κ1) is 11.7. The Hall–Kier alpha value is -0.800. The Kier molecular flexibility index (Phi) is 4.02. The van der Waals surface area contributed by atoms with E-state index in [4.69, 9.17) is 9.15 Å². The van der Waals surface area contributed by atoms with Gasteiger partial charge in [-0.3, -0.25) is 0 Å². The van der Waals surface area contributed by atoms with Crippen LogP contribution in [-0.2, 0) is 4.74 Å². The zero-order chi connectivity index (χ0) is 11.4. The summed E-state index contributed by atoms with van der Waals surface area (Å²) in [7, 11) is 0. The summed E-state index contributed by atoms with van der Waals surface area (Å²) >= 11 is 0. The number of hydrogen-bond donors (Lipinski definition) is 1. The number of furan rings is 1. The molecule has 1 aromatic heterocycles. The minimum absolute atomic E-state index is 0.351. The third-order valence-corrected chi connectivity index (χ3v) is 3.35. The van der Waals surface area contributed by atoms with E-state index in [1.165, 1.54) is 5.56 Å². The van der Waals surface area contributed by atoms with E-state index < -0.39 is 0 Å². The SMILES string of the molecule is CCNC(c1occc1C)C1CCOCC1. The van der Waals surface area contributed by atoms with Crippen LogP contribution in [0.4, 0.5) is 0 Å². The van der Waals surface area contributed by atoms with E-state index in [0.29, 0.717) is 12.0 Å². The lowest BCUT2D eigenvalue weighted by atomic mass is 9.89. The fourth-order valence-electron chi connectivity index (χ4n) is 2.45. The summed E-state index contributed by atoms with van der Waals surface area (Å²) in [4.78, 5) is 0. The van der Waals surface area contributed by atoms with Crippen LogP contribution in [0.2, 0.25) is 0 Å². The van der Waals surface area contributed by atoms with Crippen molar-refractivity contribution in [3.63, 3.8) is 0 Å². The largest absolute Gasteiger partial charge is 0.467 e. The summed E-state index contributed by atoms with van der Waals surface area (Å²) < 4.78 is 11.0. The summed E-state index contributed by atoms with van der Waals surface area (Å²) in [5.41, 5.74) is 1.25. The first-order valence-electron chi connectivity index (χ1n) is 6.18. The average molecular weight is 223 g/mol. The summed E-state index contributed by atoms with van der Waals surface area (Å²) in [5, 5.41) is 3.55. The second-order valence-electron chi connectivity index (χ2n) is 4.45. The second-order valence-corrected chi connectivity index (χ2v) is 4.45. The normalized spacial score (nSPS) is 19.9. The molecule has 90 valence electrons. The fourth-order valence-corrected chi connectivity index (χ4v) is 2.45. The Labute approximate surface area is 97.2 Å². The summed E-state index contributed by atoms with van der Waals surface area (Å²) in [5.74, 6) is 1.74. The van der Waals surface area contributed by atoms with Crippen LogP contribution in [-0.4, -0.2) is 19.8 Å². The standard InChI is InChI=1S/C13H21NO2/c1-3-14-12(11-5-7-15-8-6-11)13-10(2)4-9-16-13/h4,9,11-12,14H,3,5-8H2,1-2H3. The Balaban J connectivity index is 2.12. The molecular weight excluding hydrogens is 202 g/mol. The maximum Gasteiger partial charge on any atom is 0.123 e. The van der Waals surface area contributed by atoms with Crippen molar-refractivity contribution in [3.8, 4) is 0 Å². The van der Waals surface area contributed by atoms with Crippen LogP contribution in [0.3, 0.4) is 0 Å². The highest BCUT2D eigenvalue weighted by molar-refractivity contribution is 5.19. The minimum atomic E-state index is 0.351. The monoisotopic (exact) mass is 223 g/mol. The Morgan fingerprint density at radius 1 is 1.44 bits per heavy atom. The maximum atomic E-state index is 5.63. The molecule has 1 atom stereocenters. The van der Waals surface area contributed by atoms with Gasteiger partial charge in [-0.25, -0.2) is 0 Å². The van der Waals surface area contributed by atoms with Crippen molar-refractivity contribution in [3.05, 3.63) is 23.7 Å². The van der Waals surface area contributed by atoms with Crippen molar-refractivity contribution >= 4 is 0 Å². The smallest absolute Gasteiger partial charge is 0.123 e. The molecule has 1 N–H and O–H groups in total. The van der Waals surface area contributed by atoms with Gasteiger partial charge in [0.15, 0.2) is 0 Å². The van der Waals surface area contributed by atoms with Gasteiger partial charge < -0.3 is 14.5 Å². The maximum absolute atomic E-state index is 5.63. The molecule has 0 spiro atoms. The van der Waals surface area contributed by atoms with Gasteiger partial charge in [0.05, 0.1) is 12.3 Å². The number of nitrogens with one attached hydrogen (secondary N) is 1. The molecule has 16 heavy (non-hydrogen) atoms. The Bertz CT molecular complexity index is 315. The van der Waals surface area contributed by atoms with Crippen LogP contribution < -0.4 is 5.32 Å². The molecule has 1 saturated heterocycles. The van der Waals surface area contributed by atoms with E-state index in [2.05, 4.69) is 19.2 Å². The molecular formula is C13H21NO2. The molecule has 0 bridgehead atoms. The highest BCUT2D eigenvalue weighted by atomic mass is 16.5. The van der Waals surface area contributed by atoms with E-state index in [1.807, 2.05) is 6.07 Å². The van der Waals surface area contributed by atoms with Crippen molar-refractivity contribution in [2.24, 2.45) is 5.92 Å². The van der Waals surface area contributed by atoms with E-state index in [-0.39, 0.29) is 0 Å². The lowest BCUT2D eigenvalue weighted by Gasteiger charge is -2.30. The molecule has 3 nitrogen and oxygen atoms in total. The van der Waals surface area contributed by atoms with Gasteiger partial charge in [-0.15, -0.1) is 0 Å². The van der Waals surface area contributed by atoms with Gasteiger partial charge in [0.1, 0.15) is 5.76 Å². The Morgan fingerprint density at radius 3 is 2.75 bits per heavy atom. The number of ether oxygens (including phenoxy) is 1.